The maximum Gasteiger partial charge on any atom is 0.119 e. The topological polar surface area (TPSA) is 41.5 Å². The van der Waals surface area contributed by atoms with Gasteiger partial charge in [0.05, 0.1) is 0 Å². The first-order chi connectivity index (χ1) is 10.2. The zero-order chi connectivity index (χ0) is 15.3. The maximum absolute atomic E-state index is 9.82. The summed E-state index contributed by atoms with van der Waals surface area (Å²) >= 11 is 7.70. The minimum Gasteiger partial charge on any atom is -0.491 e. The molecule has 0 radical (unpaired) electrons. The summed E-state index contributed by atoms with van der Waals surface area (Å²) in [5.74, 6) is 1.99. The highest BCUT2D eigenvalue weighted by Crippen LogP contribution is 2.15. The summed E-state index contributed by atoms with van der Waals surface area (Å²) in [7, 11) is 0. The fourth-order valence-corrected chi connectivity index (χ4v) is 2.52. The number of hydrogen-bond acceptors (Lipinski definition) is 4. The highest BCUT2D eigenvalue weighted by Gasteiger charge is 2.04. The third-order valence-electron chi connectivity index (χ3n) is 3.09. The summed E-state index contributed by atoms with van der Waals surface area (Å²) in [5, 5.41) is 13.8. The molecule has 0 spiro atoms. The van der Waals surface area contributed by atoms with Gasteiger partial charge in [-0.25, -0.2) is 0 Å². The lowest BCUT2D eigenvalue weighted by molar-refractivity contribution is 0.106. The molecule has 1 atom stereocenters. The third kappa shape index (κ3) is 10.0. The normalized spacial score (nSPS) is 12.3. The first-order valence-electron chi connectivity index (χ1n) is 7.48. The van der Waals surface area contributed by atoms with E-state index in [9.17, 15) is 5.11 Å². The lowest BCUT2D eigenvalue weighted by atomic mass is 10.2. The molecule has 1 aromatic rings. The van der Waals surface area contributed by atoms with Crippen LogP contribution in [0, 0.1) is 0 Å². The second-order valence-electron chi connectivity index (χ2n) is 5.03. The van der Waals surface area contributed by atoms with Gasteiger partial charge < -0.3 is 15.2 Å². The third-order valence-corrected chi connectivity index (χ3v) is 4.04. The monoisotopic (exact) mass is 331 g/mol. The van der Waals surface area contributed by atoms with Crippen molar-refractivity contribution >= 4 is 23.4 Å². The van der Waals surface area contributed by atoms with E-state index in [0.717, 1.165) is 12.3 Å². The van der Waals surface area contributed by atoms with Gasteiger partial charge >= 0.3 is 0 Å². The largest absolute Gasteiger partial charge is 0.491 e. The molecule has 0 aromatic heterocycles. The number of aliphatic hydroxyl groups excluding tert-OH is 1. The molecular weight excluding hydrogens is 306 g/mol. The van der Waals surface area contributed by atoms with E-state index in [2.05, 4.69) is 11.6 Å². The first-order valence-corrected chi connectivity index (χ1v) is 9.25. The van der Waals surface area contributed by atoms with Crippen LogP contribution < -0.4 is 10.1 Å². The van der Waals surface area contributed by atoms with Gasteiger partial charge in [-0.2, -0.15) is 11.8 Å². The van der Waals surface area contributed by atoms with Crippen molar-refractivity contribution in [1.29, 1.82) is 0 Å². The van der Waals surface area contributed by atoms with Crippen LogP contribution in [-0.4, -0.2) is 42.9 Å². The molecule has 1 aromatic carbocycles. The van der Waals surface area contributed by atoms with Gasteiger partial charge in [0.1, 0.15) is 18.5 Å². The Morgan fingerprint density at radius 3 is 2.62 bits per heavy atom. The minimum absolute atomic E-state index is 0.294. The van der Waals surface area contributed by atoms with Gasteiger partial charge in [-0.15, -0.1) is 0 Å². The summed E-state index contributed by atoms with van der Waals surface area (Å²) in [6.07, 6.45) is 6.68. The molecule has 2 N–H and O–H groups in total. The Labute approximate surface area is 137 Å². The fourth-order valence-electron chi connectivity index (χ4n) is 1.90. The molecule has 0 aliphatic heterocycles. The summed E-state index contributed by atoms with van der Waals surface area (Å²) in [5.41, 5.74) is 0. The molecule has 120 valence electrons. The summed E-state index contributed by atoms with van der Waals surface area (Å²) in [4.78, 5) is 0. The number of ether oxygens (including phenoxy) is 1. The van der Waals surface area contributed by atoms with E-state index >= 15 is 0 Å². The fraction of sp³-hybridized carbons (Fsp3) is 0.625. The van der Waals surface area contributed by atoms with Crippen LogP contribution in [0.1, 0.15) is 25.7 Å². The van der Waals surface area contributed by atoms with E-state index in [4.69, 9.17) is 16.3 Å². The number of rotatable bonds is 12. The van der Waals surface area contributed by atoms with Crippen molar-refractivity contribution in [2.45, 2.75) is 31.8 Å². The predicted molar refractivity (Wildman–Crippen MR) is 92.7 cm³/mol. The quantitative estimate of drug-likeness (QED) is 0.574. The first kappa shape index (κ1) is 18.6. The van der Waals surface area contributed by atoms with Crippen molar-refractivity contribution in [2.24, 2.45) is 0 Å². The molecule has 0 aliphatic rings. The second kappa shape index (κ2) is 12.2. The number of benzene rings is 1. The predicted octanol–water partition coefficient (Wildman–Crippen LogP) is 3.59. The van der Waals surface area contributed by atoms with Gasteiger partial charge in [0.15, 0.2) is 0 Å². The number of nitrogens with one attached hydrogen (secondary N) is 1. The van der Waals surface area contributed by atoms with Crippen LogP contribution in [0.25, 0.3) is 0 Å². The van der Waals surface area contributed by atoms with Crippen LogP contribution in [0.5, 0.6) is 5.75 Å². The average molecular weight is 332 g/mol. The molecule has 0 aliphatic carbocycles. The van der Waals surface area contributed by atoms with Crippen LogP contribution in [0.4, 0.5) is 0 Å². The molecule has 21 heavy (non-hydrogen) atoms. The molecule has 1 rings (SSSR count). The van der Waals surface area contributed by atoms with E-state index in [1.165, 1.54) is 31.4 Å². The van der Waals surface area contributed by atoms with E-state index in [-0.39, 0.29) is 0 Å². The zero-order valence-corrected chi connectivity index (χ0v) is 14.3. The van der Waals surface area contributed by atoms with Crippen molar-refractivity contribution in [1.82, 2.24) is 5.32 Å². The summed E-state index contributed by atoms with van der Waals surface area (Å²) < 4.78 is 5.49. The molecule has 0 fully saturated rings. The summed E-state index contributed by atoms with van der Waals surface area (Å²) in [6.45, 7) is 1.82. The van der Waals surface area contributed by atoms with E-state index in [1.54, 1.807) is 24.3 Å². The van der Waals surface area contributed by atoms with Crippen LogP contribution in [-0.2, 0) is 0 Å². The lowest BCUT2D eigenvalue weighted by Gasteiger charge is -2.13. The Balaban J connectivity index is 1.96. The van der Waals surface area contributed by atoms with Crippen LogP contribution in [0.2, 0.25) is 5.02 Å². The Morgan fingerprint density at radius 2 is 1.90 bits per heavy atom. The molecule has 0 amide bonds. The Morgan fingerprint density at radius 1 is 1.19 bits per heavy atom. The van der Waals surface area contributed by atoms with Gasteiger partial charge in [0, 0.05) is 11.6 Å². The summed E-state index contributed by atoms with van der Waals surface area (Å²) in [6, 6.07) is 7.16. The molecule has 0 bridgehead atoms. The standard InChI is InChI=1S/C16H26ClNO2S/c1-21-11-5-3-2-4-10-18-12-15(19)13-20-16-8-6-14(17)7-9-16/h6-9,15,18-19H,2-5,10-13H2,1H3. The van der Waals surface area contributed by atoms with Crippen molar-refractivity contribution in [3.8, 4) is 5.75 Å². The van der Waals surface area contributed by atoms with Crippen molar-refractivity contribution in [2.75, 3.05) is 31.7 Å². The SMILES string of the molecule is CSCCCCCCNCC(O)COc1ccc(Cl)cc1. The molecule has 5 heteroatoms. The number of hydrogen-bond donors (Lipinski definition) is 2. The highest BCUT2D eigenvalue weighted by atomic mass is 35.5. The highest BCUT2D eigenvalue weighted by molar-refractivity contribution is 7.98. The lowest BCUT2D eigenvalue weighted by Crippen LogP contribution is -2.32. The van der Waals surface area contributed by atoms with Gasteiger partial charge in [0.25, 0.3) is 0 Å². The molecular formula is C16H26ClNO2S. The smallest absolute Gasteiger partial charge is 0.119 e. The zero-order valence-electron chi connectivity index (χ0n) is 12.7. The van der Waals surface area contributed by atoms with E-state index in [1.807, 2.05) is 11.8 Å². The Hall–Kier alpha value is -0.420. The van der Waals surface area contributed by atoms with Gasteiger partial charge in [-0.05, 0) is 55.7 Å². The molecule has 1 unspecified atom stereocenters. The van der Waals surface area contributed by atoms with Gasteiger partial charge in [0.2, 0.25) is 0 Å². The van der Waals surface area contributed by atoms with Crippen LogP contribution >= 0.6 is 23.4 Å². The van der Waals surface area contributed by atoms with E-state index in [0.29, 0.717) is 18.2 Å². The second-order valence-corrected chi connectivity index (χ2v) is 6.45. The maximum atomic E-state index is 9.82. The van der Waals surface area contributed by atoms with Gasteiger partial charge in [-0.3, -0.25) is 0 Å². The number of aliphatic hydroxyl groups is 1. The van der Waals surface area contributed by atoms with Crippen molar-refractivity contribution in [3.05, 3.63) is 29.3 Å². The minimum atomic E-state index is -0.489. The molecule has 0 heterocycles. The molecule has 0 saturated carbocycles. The number of halogens is 1. The average Bonchev–Trinajstić information content (AvgIpc) is 2.49. The molecule has 3 nitrogen and oxygen atoms in total. The Kier molecular flexibility index (Phi) is 10.8. The van der Waals surface area contributed by atoms with Crippen molar-refractivity contribution in [3.63, 3.8) is 0 Å². The molecule has 0 saturated heterocycles. The van der Waals surface area contributed by atoms with E-state index < -0.39 is 6.10 Å². The number of thioether (sulfide) groups is 1. The number of unbranched alkanes of at least 4 members (excludes halogenated alkanes) is 3. The van der Waals surface area contributed by atoms with Crippen LogP contribution in [0.3, 0.4) is 0 Å². The van der Waals surface area contributed by atoms with Gasteiger partial charge in [-0.1, -0.05) is 24.4 Å². The van der Waals surface area contributed by atoms with Crippen LogP contribution in [0.15, 0.2) is 24.3 Å². The Bertz CT molecular complexity index is 362. The van der Waals surface area contributed by atoms with Crippen molar-refractivity contribution < 1.29 is 9.84 Å².